The van der Waals surface area contributed by atoms with E-state index in [1.54, 1.807) is 12.0 Å². The van der Waals surface area contributed by atoms with E-state index in [-0.39, 0.29) is 25.5 Å². The number of benzene rings is 2. The van der Waals surface area contributed by atoms with E-state index in [0.717, 1.165) is 28.9 Å². The third-order valence-corrected chi connectivity index (χ3v) is 6.99. The van der Waals surface area contributed by atoms with Gasteiger partial charge in [0.15, 0.2) is 0 Å². The summed E-state index contributed by atoms with van der Waals surface area (Å²) in [4.78, 5) is 32.7. The topological polar surface area (TPSA) is 106 Å². The highest BCUT2D eigenvalue weighted by Crippen LogP contribution is 2.35. The molecule has 0 saturated heterocycles. The minimum Gasteiger partial charge on any atom is -0.494 e. The molecule has 0 aliphatic rings. The molecule has 0 aromatic heterocycles. The molecular formula is C30H46NO7P. The first-order valence-corrected chi connectivity index (χ1v) is 15.6. The Kier molecular flexibility index (Phi) is 16.0. The van der Waals surface area contributed by atoms with Crippen molar-refractivity contribution in [2.45, 2.75) is 84.3 Å². The molecule has 0 bridgehead atoms. The molecule has 8 nitrogen and oxygen atoms in total. The number of carbonyl (C=O) groups excluding carboxylic acids is 1. The predicted octanol–water partition coefficient (Wildman–Crippen LogP) is 6.42. The summed E-state index contributed by atoms with van der Waals surface area (Å²) in [5, 5.41) is 0. The fourth-order valence-electron chi connectivity index (χ4n) is 4.32. The molecule has 2 N–H and O–H groups in total. The monoisotopic (exact) mass is 563 g/mol. The van der Waals surface area contributed by atoms with Gasteiger partial charge in [0, 0.05) is 26.6 Å². The van der Waals surface area contributed by atoms with Gasteiger partial charge in [0.25, 0.3) is 0 Å². The highest BCUT2D eigenvalue weighted by atomic mass is 31.2. The van der Waals surface area contributed by atoms with Crippen molar-refractivity contribution in [1.82, 2.24) is 4.90 Å². The molecule has 0 fully saturated rings. The van der Waals surface area contributed by atoms with Gasteiger partial charge in [0.2, 0.25) is 5.91 Å². The Balaban J connectivity index is 1.84. The van der Waals surface area contributed by atoms with Crippen LogP contribution in [0.1, 0.15) is 81.4 Å². The maximum Gasteiger partial charge on any atom is 0.469 e. The van der Waals surface area contributed by atoms with Crippen molar-refractivity contribution in [3.8, 4) is 5.75 Å². The molecule has 2 rings (SSSR count). The first-order valence-electron chi connectivity index (χ1n) is 14.1. The fraction of sp³-hybridized carbons (Fsp3) is 0.567. The molecule has 218 valence electrons. The van der Waals surface area contributed by atoms with Gasteiger partial charge in [-0.05, 0) is 41.7 Å². The SMILES string of the molecule is CCCCCCCCCCOc1cccc(CCC(=O)N(CCOP(=O)(O)O)Cc2ccc(COC)cc2)c1. The zero-order chi connectivity index (χ0) is 28.3. The van der Waals surface area contributed by atoms with Crippen LogP contribution >= 0.6 is 7.82 Å². The van der Waals surface area contributed by atoms with E-state index in [1.165, 1.54) is 44.9 Å². The van der Waals surface area contributed by atoms with Gasteiger partial charge >= 0.3 is 7.82 Å². The summed E-state index contributed by atoms with van der Waals surface area (Å²) in [6.07, 6.45) is 10.8. The number of phosphoric ester groups is 1. The summed E-state index contributed by atoms with van der Waals surface area (Å²) >= 11 is 0. The zero-order valence-electron chi connectivity index (χ0n) is 23.6. The van der Waals surface area contributed by atoms with Gasteiger partial charge < -0.3 is 24.2 Å². The first kappa shape index (κ1) is 33.0. The number of ether oxygens (including phenoxy) is 2. The highest BCUT2D eigenvalue weighted by Gasteiger charge is 2.18. The van der Waals surface area contributed by atoms with Gasteiger partial charge in [-0.2, -0.15) is 0 Å². The van der Waals surface area contributed by atoms with E-state index in [1.807, 2.05) is 48.5 Å². The minimum atomic E-state index is -4.61. The van der Waals surface area contributed by atoms with Crippen LogP contribution in [-0.2, 0) is 38.2 Å². The fourth-order valence-corrected chi connectivity index (χ4v) is 4.64. The lowest BCUT2D eigenvalue weighted by atomic mass is 10.1. The number of nitrogens with zero attached hydrogens (tertiary/aromatic N) is 1. The highest BCUT2D eigenvalue weighted by molar-refractivity contribution is 7.46. The lowest BCUT2D eigenvalue weighted by Gasteiger charge is -2.23. The average molecular weight is 564 g/mol. The Morgan fingerprint density at radius 2 is 1.54 bits per heavy atom. The normalized spacial score (nSPS) is 11.5. The molecule has 0 radical (unpaired) electrons. The average Bonchev–Trinajstić information content (AvgIpc) is 2.91. The largest absolute Gasteiger partial charge is 0.494 e. The molecule has 39 heavy (non-hydrogen) atoms. The molecule has 2 aromatic carbocycles. The number of unbranched alkanes of at least 4 members (excludes halogenated alkanes) is 7. The summed E-state index contributed by atoms with van der Waals surface area (Å²) in [5.41, 5.74) is 2.94. The number of hydrogen-bond donors (Lipinski definition) is 2. The second-order valence-electron chi connectivity index (χ2n) is 9.86. The zero-order valence-corrected chi connectivity index (χ0v) is 24.4. The van der Waals surface area contributed by atoms with Crippen LogP contribution < -0.4 is 4.74 Å². The van der Waals surface area contributed by atoms with Crippen LogP contribution in [0.3, 0.4) is 0 Å². The third kappa shape index (κ3) is 15.2. The molecule has 0 aliphatic heterocycles. The Bertz CT molecular complexity index is 993. The predicted molar refractivity (Wildman–Crippen MR) is 153 cm³/mol. The van der Waals surface area contributed by atoms with E-state index >= 15 is 0 Å². The van der Waals surface area contributed by atoms with Crippen molar-refractivity contribution in [3.63, 3.8) is 0 Å². The molecule has 0 atom stereocenters. The lowest BCUT2D eigenvalue weighted by molar-refractivity contribution is -0.132. The van der Waals surface area contributed by atoms with Crippen molar-refractivity contribution in [2.24, 2.45) is 0 Å². The Morgan fingerprint density at radius 1 is 0.872 bits per heavy atom. The van der Waals surface area contributed by atoms with Gasteiger partial charge in [-0.25, -0.2) is 4.57 Å². The summed E-state index contributed by atoms with van der Waals surface area (Å²) in [7, 11) is -2.97. The molecule has 9 heteroatoms. The molecule has 0 saturated carbocycles. The van der Waals surface area contributed by atoms with Crippen LogP contribution in [0, 0.1) is 0 Å². The summed E-state index contributed by atoms with van der Waals surface area (Å²) in [6.45, 7) is 3.57. The molecule has 1 amide bonds. The van der Waals surface area contributed by atoms with Crippen molar-refractivity contribution in [2.75, 3.05) is 26.9 Å². The Hall–Kier alpha value is -2.22. The van der Waals surface area contributed by atoms with Crippen LogP contribution in [0.4, 0.5) is 0 Å². The van der Waals surface area contributed by atoms with Crippen molar-refractivity contribution in [1.29, 1.82) is 0 Å². The van der Waals surface area contributed by atoms with Gasteiger partial charge in [-0.1, -0.05) is 88.3 Å². The van der Waals surface area contributed by atoms with Gasteiger partial charge in [0.1, 0.15) is 5.75 Å². The number of hydrogen-bond acceptors (Lipinski definition) is 5. The van der Waals surface area contributed by atoms with Gasteiger partial charge in [-0.3, -0.25) is 9.32 Å². The maximum atomic E-state index is 13.1. The molecule has 0 aliphatic carbocycles. The molecule has 2 aromatic rings. The number of rotatable bonds is 21. The lowest BCUT2D eigenvalue weighted by Crippen LogP contribution is -2.33. The van der Waals surface area contributed by atoms with Crippen LogP contribution in [0.2, 0.25) is 0 Å². The smallest absolute Gasteiger partial charge is 0.469 e. The minimum absolute atomic E-state index is 0.0749. The quantitative estimate of drug-likeness (QED) is 0.133. The Morgan fingerprint density at radius 3 is 2.21 bits per heavy atom. The van der Waals surface area contributed by atoms with Gasteiger partial charge in [-0.15, -0.1) is 0 Å². The maximum absolute atomic E-state index is 13.1. The molecule has 0 heterocycles. The standard InChI is InChI=1S/C30H46NO7P/c1-3-4-5-6-7-8-9-10-21-37-29-13-11-12-26(23-29)18-19-30(32)31(20-22-38-39(33,34)35)24-27-14-16-28(17-15-27)25-36-2/h11-17,23H,3-10,18-22,24-25H2,1-2H3,(H2,33,34,35). The number of phosphoric acid groups is 1. The Labute approximate surface area is 233 Å². The van der Waals surface area contributed by atoms with Gasteiger partial charge in [0.05, 0.1) is 19.8 Å². The number of aryl methyl sites for hydroxylation is 1. The number of methoxy groups -OCH3 is 1. The van der Waals surface area contributed by atoms with Crippen molar-refractivity contribution in [3.05, 3.63) is 65.2 Å². The van der Waals surface area contributed by atoms with Crippen LogP contribution in [-0.4, -0.2) is 47.5 Å². The van der Waals surface area contributed by atoms with E-state index in [2.05, 4.69) is 11.4 Å². The van der Waals surface area contributed by atoms with Crippen molar-refractivity contribution >= 4 is 13.7 Å². The van der Waals surface area contributed by atoms with E-state index in [0.29, 0.717) is 26.2 Å². The van der Waals surface area contributed by atoms with E-state index in [9.17, 15) is 9.36 Å². The summed E-state index contributed by atoms with van der Waals surface area (Å²) < 4.78 is 26.8. The molecule has 0 unspecified atom stereocenters. The summed E-state index contributed by atoms with van der Waals surface area (Å²) in [6, 6.07) is 15.6. The van der Waals surface area contributed by atoms with E-state index in [4.69, 9.17) is 19.3 Å². The number of carbonyl (C=O) groups is 1. The summed E-state index contributed by atoms with van der Waals surface area (Å²) in [5.74, 6) is 0.696. The second-order valence-corrected chi connectivity index (χ2v) is 11.1. The molecular weight excluding hydrogens is 517 g/mol. The third-order valence-electron chi connectivity index (χ3n) is 6.47. The molecule has 0 spiro atoms. The van der Waals surface area contributed by atoms with Crippen LogP contribution in [0.15, 0.2) is 48.5 Å². The second kappa shape index (κ2) is 19.0. The van der Waals surface area contributed by atoms with Crippen LogP contribution in [0.5, 0.6) is 5.75 Å². The van der Waals surface area contributed by atoms with E-state index < -0.39 is 7.82 Å². The van der Waals surface area contributed by atoms with Crippen molar-refractivity contribution < 1.29 is 33.1 Å². The number of amides is 1. The van der Waals surface area contributed by atoms with Crippen LogP contribution in [0.25, 0.3) is 0 Å². The first-order chi connectivity index (χ1) is 18.8.